The maximum Gasteiger partial charge on any atom is 1.00 e. The number of nitrogens with zero attached hydrogens (tertiary/aromatic N) is 1. The van der Waals surface area contributed by atoms with E-state index in [1.807, 2.05) is 0 Å². The third-order valence-electron chi connectivity index (χ3n) is 13.0. The Kier molecular flexibility index (Phi) is 59.1. The average molecular weight is 843 g/mol. The molecule has 58 heavy (non-hydrogen) atoms. The van der Waals surface area contributed by atoms with Crippen molar-refractivity contribution in [3.63, 3.8) is 0 Å². The van der Waals surface area contributed by atoms with E-state index in [9.17, 15) is 9.90 Å². The number of unbranched alkanes of at least 4 members (excludes halogenated alkanes) is 44. The van der Waals surface area contributed by atoms with Gasteiger partial charge in [-0.05, 0) is 51.7 Å². The van der Waals surface area contributed by atoms with E-state index in [4.69, 9.17) is 0 Å². The summed E-state index contributed by atoms with van der Waals surface area (Å²) in [5.41, 5.74) is 0. The van der Waals surface area contributed by atoms with Gasteiger partial charge in [0.25, 0.3) is 0 Å². The van der Waals surface area contributed by atoms with Crippen molar-refractivity contribution in [3.8, 4) is 0 Å². The fraction of sp³-hybridized carbons (Fsp3) is 0.981. The molecule has 0 bridgehead atoms. The van der Waals surface area contributed by atoms with Gasteiger partial charge in [-0.3, -0.25) is 0 Å². The van der Waals surface area contributed by atoms with Gasteiger partial charge in [-0.25, -0.2) is 0 Å². The Labute approximate surface area is 410 Å². The molecule has 4 heteroatoms. The first-order valence-corrected chi connectivity index (χ1v) is 27.1. The molecule has 0 heterocycles. The molecule has 0 radical (unpaired) electrons. The van der Waals surface area contributed by atoms with Crippen molar-refractivity contribution in [2.24, 2.45) is 0 Å². The molecule has 0 aromatic rings. The number of hydrogen-bond donors (Lipinski definition) is 0. The van der Waals surface area contributed by atoms with Gasteiger partial charge in [0, 0.05) is 5.97 Å². The summed E-state index contributed by atoms with van der Waals surface area (Å²) in [5.74, 6) is -0.892. The molecule has 0 atom stereocenters. The Balaban J connectivity index is 0. The molecule has 0 unspecified atom stereocenters. The van der Waals surface area contributed by atoms with Gasteiger partial charge in [-0.15, -0.1) is 0 Å². The summed E-state index contributed by atoms with van der Waals surface area (Å²) in [6.07, 6.45) is 66.5. The van der Waals surface area contributed by atoms with Crippen LogP contribution in [0.15, 0.2) is 0 Å². The Morgan fingerprint density at radius 3 is 0.603 bits per heavy atom. The molecular weight excluding hydrogens is 734 g/mol. The topological polar surface area (TPSA) is 43.4 Å². The first-order chi connectivity index (χ1) is 28.2. The van der Waals surface area contributed by atoms with Gasteiger partial charge >= 0.3 is 51.4 Å². The monoisotopic (exact) mass is 842 g/mol. The van der Waals surface area contributed by atoms with E-state index in [2.05, 4.69) is 18.7 Å². The maximum absolute atomic E-state index is 10.8. The Morgan fingerprint density at radius 2 is 0.431 bits per heavy atom. The third kappa shape index (κ3) is 55.1. The van der Waals surface area contributed by atoms with Crippen LogP contribution in [0.5, 0.6) is 0 Å². The SMILES string of the molecule is CCCCCCCCCCCCCCCCCCCCCCCCN(CCCCCCCCCCCCCCCCCCCCCCCC)CCCCCC(=O)[O-].[K+]. The normalized spacial score (nSPS) is 11.5. The molecule has 0 aromatic carbocycles. The maximum atomic E-state index is 10.8. The van der Waals surface area contributed by atoms with E-state index in [1.165, 1.54) is 296 Å². The van der Waals surface area contributed by atoms with Crippen molar-refractivity contribution >= 4 is 5.97 Å². The van der Waals surface area contributed by atoms with Gasteiger partial charge in [-0.2, -0.15) is 0 Å². The van der Waals surface area contributed by atoms with Crippen molar-refractivity contribution in [1.29, 1.82) is 0 Å². The van der Waals surface area contributed by atoms with Crippen LogP contribution in [0.3, 0.4) is 0 Å². The van der Waals surface area contributed by atoms with Gasteiger partial charge in [0.15, 0.2) is 0 Å². The number of carbonyl (C=O) groups is 1. The minimum absolute atomic E-state index is 0. The van der Waals surface area contributed by atoms with Crippen LogP contribution in [0.25, 0.3) is 0 Å². The number of carboxylic acid groups (broad SMARTS) is 1. The molecule has 0 aliphatic rings. The van der Waals surface area contributed by atoms with E-state index in [0.717, 1.165) is 25.8 Å². The number of carbonyl (C=O) groups excluding carboxylic acids is 1. The van der Waals surface area contributed by atoms with Crippen molar-refractivity contribution in [1.82, 2.24) is 4.90 Å². The summed E-state index contributed by atoms with van der Waals surface area (Å²) in [6.45, 7) is 8.22. The second kappa shape index (κ2) is 56.1. The molecule has 0 aliphatic carbocycles. The number of hydrogen-bond acceptors (Lipinski definition) is 3. The van der Waals surface area contributed by atoms with E-state index < -0.39 is 5.97 Å². The second-order valence-electron chi connectivity index (χ2n) is 18.9. The van der Waals surface area contributed by atoms with Crippen molar-refractivity contribution in [2.75, 3.05) is 19.6 Å². The molecule has 0 aromatic heterocycles. The number of aliphatic carboxylic acids is 1. The minimum Gasteiger partial charge on any atom is -0.550 e. The Morgan fingerprint density at radius 1 is 0.276 bits per heavy atom. The van der Waals surface area contributed by atoms with Crippen LogP contribution in [-0.2, 0) is 4.79 Å². The third-order valence-corrected chi connectivity index (χ3v) is 13.0. The van der Waals surface area contributed by atoms with Crippen LogP contribution < -0.4 is 56.5 Å². The molecule has 0 aliphatic heterocycles. The first-order valence-electron chi connectivity index (χ1n) is 27.1. The molecule has 0 N–H and O–H groups in total. The zero-order valence-corrected chi connectivity index (χ0v) is 43.9. The Bertz CT molecular complexity index is 684. The summed E-state index contributed by atoms with van der Waals surface area (Å²) in [5, 5.41) is 10.8. The quantitative estimate of drug-likeness (QED) is 0.0453. The number of carboxylic acids is 1. The molecule has 0 fully saturated rings. The van der Waals surface area contributed by atoms with Crippen LogP contribution in [0.1, 0.15) is 322 Å². The standard InChI is InChI=1S/C54H109NO2.K/c1-3-5-7-9-11-13-15-17-19-21-23-25-27-29-31-33-35-37-39-41-43-47-51-55(53-49-45-46-50-54(56)57)52-48-44-42-40-38-36-34-32-30-28-26-24-22-20-18-16-14-12-10-8-6-4-2;/h3-53H2,1-2H3,(H,56,57);/q;+1/p-1. The summed E-state index contributed by atoms with van der Waals surface area (Å²) >= 11 is 0. The Hall–Kier alpha value is 1.07. The van der Waals surface area contributed by atoms with Crippen LogP contribution in [0.4, 0.5) is 0 Å². The van der Waals surface area contributed by atoms with Gasteiger partial charge in [0.2, 0.25) is 0 Å². The largest absolute Gasteiger partial charge is 1.00 e. The number of rotatable bonds is 52. The van der Waals surface area contributed by atoms with Gasteiger partial charge in [-0.1, -0.05) is 290 Å². The van der Waals surface area contributed by atoms with Crippen molar-refractivity contribution in [3.05, 3.63) is 0 Å². The molecule has 0 rings (SSSR count). The van der Waals surface area contributed by atoms with Crippen LogP contribution >= 0.6 is 0 Å². The fourth-order valence-electron chi connectivity index (χ4n) is 9.01. The van der Waals surface area contributed by atoms with Gasteiger partial charge in [0.05, 0.1) is 0 Å². The van der Waals surface area contributed by atoms with E-state index in [1.54, 1.807) is 0 Å². The summed E-state index contributed by atoms with van der Waals surface area (Å²) < 4.78 is 0. The van der Waals surface area contributed by atoms with Gasteiger partial charge < -0.3 is 14.8 Å². The minimum atomic E-state index is -0.892. The summed E-state index contributed by atoms with van der Waals surface area (Å²) in [6, 6.07) is 0. The van der Waals surface area contributed by atoms with Crippen molar-refractivity contribution < 1.29 is 61.3 Å². The molecular formula is C54H108KNO2. The molecule has 0 saturated carbocycles. The summed E-state index contributed by atoms with van der Waals surface area (Å²) in [7, 11) is 0. The van der Waals surface area contributed by atoms with Crippen molar-refractivity contribution in [2.45, 2.75) is 322 Å². The summed E-state index contributed by atoms with van der Waals surface area (Å²) in [4.78, 5) is 13.5. The predicted octanol–water partition coefficient (Wildman–Crippen LogP) is 14.8. The molecule has 342 valence electrons. The molecule has 0 saturated heterocycles. The zero-order valence-electron chi connectivity index (χ0n) is 40.8. The van der Waals surface area contributed by atoms with Crippen LogP contribution in [0, 0.1) is 0 Å². The van der Waals surface area contributed by atoms with E-state index in [-0.39, 0.29) is 57.8 Å². The molecule has 3 nitrogen and oxygen atoms in total. The molecule has 0 amide bonds. The average Bonchev–Trinajstić information content (AvgIpc) is 3.21. The fourth-order valence-corrected chi connectivity index (χ4v) is 9.01. The van der Waals surface area contributed by atoms with Crippen LogP contribution in [0.2, 0.25) is 0 Å². The van der Waals surface area contributed by atoms with E-state index >= 15 is 0 Å². The van der Waals surface area contributed by atoms with Gasteiger partial charge in [0.1, 0.15) is 0 Å². The van der Waals surface area contributed by atoms with Crippen LogP contribution in [-0.4, -0.2) is 30.5 Å². The van der Waals surface area contributed by atoms with E-state index in [0.29, 0.717) is 0 Å². The predicted molar refractivity (Wildman–Crippen MR) is 254 cm³/mol. The second-order valence-corrected chi connectivity index (χ2v) is 18.9. The smallest absolute Gasteiger partial charge is 0.550 e. The first kappa shape index (κ1) is 61.2. The zero-order chi connectivity index (χ0) is 41.2. The molecule has 0 spiro atoms.